The molecule has 2 aromatic carbocycles. The van der Waals surface area contributed by atoms with E-state index >= 15 is 0 Å². The molecule has 0 aliphatic carbocycles. The lowest BCUT2D eigenvalue weighted by Crippen LogP contribution is -2.38. The minimum absolute atomic E-state index is 0.00605. The number of amides is 1. The standard InChI is InChI=1S/C22H20BrClN4O/c23-17-2-1-3-19(14-17)25-22(29)16-10-12-28(13-11-16)21-9-8-20(26-27-21)15-4-6-18(24)7-5-15/h1-9,14,16H,10-13H2,(H,25,29). The van der Waals surface area contributed by atoms with Gasteiger partial charge in [-0.3, -0.25) is 4.79 Å². The van der Waals surface area contributed by atoms with Crippen LogP contribution in [0.2, 0.25) is 5.02 Å². The van der Waals surface area contributed by atoms with Gasteiger partial charge < -0.3 is 10.2 Å². The fourth-order valence-electron chi connectivity index (χ4n) is 3.45. The number of hydrogen-bond acceptors (Lipinski definition) is 4. The Labute approximate surface area is 183 Å². The number of benzene rings is 2. The van der Waals surface area contributed by atoms with E-state index < -0.39 is 0 Å². The molecule has 148 valence electrons. The second-order valence-electron chi connectivity index (χ2n) is 7.04. The van der Waals surface area contributed by atoms with E-state index in [1.165, 1.54) is 0 Å². The lowest BCUT2D eigenvalue weighted by Gasteiger charge is -2.31. The maximum atomic E-state index is 12.6. The van der Waals surface area contributed by atoms with Crippen molar-refractivity contribution in [2.75, 3.05) is 23.3 Å². The van der Waals surface area contributed by atoms with Crippen molar-refractivity contribution in [1.82, 2.24) is 10.2 Å². The lowest BCUT2D eigenvalue weighted by molar-refractivity contribution is -0.120. The highest BCUT2D eigenvalue weighted by atomic mass is 79.9. The summed E-state index contributed by atoms with van der Waals surface area (Å²) in [6, 6.07) is 19.2. The first-order valence-corrected chi connectivity index (χ1v) is 10.7. The highest BCUT2D eigenvalue weighted by molar-refractivity contribution is 9.10. The Morgan fingerprint density at radius 1 is 1.03 bits per heavy atom. The average Bonchev–Trinajstić information content (AvgIpc) is 2.75. The Bertz CT molecular complexity index is 986. The molecule has 7 heteroatoms. The first-order valence-electron chi connectivity index (χ1n) is 9.49. The van der Waals surface area contributed by atoms with Crippen LogP contribution in [-0.2, 0) is 4.79 Å². The quantitative estimate of drug-likeness (QED) is 0.552. The molecule has 1 saturated heterocycles. The molecule has 0 bridgehead atoms. The molecule has 0 radical (unpaired) electrons. The molecule has 3 aromatic rings. The van der Waals surface area contributed by atoms with Gasteiger partial charge in [0.2, 0.25) is 5.91 Å². The summed E-state index contributed by atoms with van der Waals surface area (Å²) in [7, 11) is 0. The molecule has 1 aliphatic heterocycles. The number of hydrogen-bond donors (Lipinski definition) is 1. The van der Waals surface area contributed by atoms with Gasteiger partial charge in [0, 0.05) is 39.8 Å². The summed E-state index contributed by atoms with van der Waals surface area (Å²) in [5.74, 6) is 0.923. The molecule has 1 fully saturated rings. The SMILES string of the molecule is O=C(Nc1cccc(Br)c1)C1CCN(c2ccc(-c3ccc(Cl)cc3)nn2)CC1. The van der Waals surface area contributed by atoms with Crippen LogP contribution in [-0.4, -0.2) is 29.2 Å². The van der Waals surface area contributed by atoms with E-state index in [4.69, 9.17) is 11.6 Å². The second-order valence-corrected chi connectivity index (χ2v) is 8.40. The molecule has 2 heterocycles. The molecule has 1 amide bonds. The third kappa shape index (κ3) is 4.95. The summed E-state index contributed by atoms with van der Waals surface area (Å²) in [6.07, 6.45) is 1.58. The fourth-order valence-corrected chi connectivity index (χ4v) is 3.98. The topological polar surface area (TPSA) is 58.1 Å². The van der Waals surface area contributed by atoms with Crippen molar-refractivity contribution in [2.45, 2.75) is 12.8 Å². The van der Waals surface area contributed by atoms with Crippen LogP contribution < -0.4 is 10.2 Å². The number of piperidine rings is 1. The normalized spacial score (nSPS) is 14.6. The van der Waals surface area contributed by atoms with Crippen molar-refractivity contribution in [3.05, 3.63) is 70.2 Å². The molecule has 0 atom stereocenters. The van der Waals surface area contributed by atoms with Gasteiger partial charge in [-0.1, -0.05) is 45.7 Å². The molecule has 1 aromatic heterocycles. The van der Waals surface area contributed by atoms with Crippen molar-refractivity contribution < 1.29 is 4.79 Å². The molecule has 5 nitrogen and oxygen atoms in total. The number of anilines is 2. The van der Waals surface area contributed by atoms with Crippen molar-refractivity contribution in [3.63, 3.8) is 0 Å². The summed E-state index contributed by atoms with van der Waals surface area (Å²) in [6.45, 7) is 1.57. The van der Waals surface area contributed by atoms with Crippen molar-refractivity contribution in [3.8, 4) is 11.3 Å². The van der Waals surface area contributed by atoms with E-state index in [9.17, 15) is 4.79 Å². The number of carbonyl (C=O) groups excluding carboxylic acids is 1. The summed E-state index contributed by atoms with van der Waals surface area (Å²) in [5, 5.41) is 12.5. The highest BCUT2D eigenvalue weighted by Crippen LogP contribution is 2.25. The Morgan fingerprint density at radius 2 is 1.79 bits per heavy atom. The van der Waals surface area contributed by atoms with Gasteiger partial charge in [-0.15, -0.1) is 10.2 Å². The molecule has 0 unspecified atom stereocenters. The third-order valence-corrected chi connectivity index (χ3v) is 5.82. The number of carbonyl (C=O) groups is 1. The van der Waals surface area contributed by atoms with E-state index in [1.54, 1.807) is 0 Å². The molecule has 0 saturated carbocycles. The minimum Gasteiger partial charge on any atom is -0.355 e. The predicted octanol–water partition coefficient (Wildman–Crippen LogP) is 5.41. The highest BCUT2D eigenvalue weighted by Gasteiger charge is 2.26. The summed E-state index contributed by atoms with van der Waals surface area (Å²) in [5.41, 5.74) is 2.61. The van der Waals surface area contributed by atoms with Crippen molar-refractivity contribution in [2.24, 2.45) is 5.92 Å². The zero-order valence-electron chi connectivity index (χ0n) is 15.7. The summed E-state index contributed by atoms with van der Waals surface area (Å²) >= 11 is 9.37. The Balaban J connectivity index is 1.34. The number of nitrogens with zero attached hydrogens (tertiary/aromatic N) is 3. The number of aromatic nitrogens is 2. The first kappa shape index (κ1) is 19.9. The Kier molecular flexibility index (Phi) is 6.11. The van der Waals surface area contributed by atoms with Crippen LogP contribution in [0.4, 0.5) is 11.5 Å². The van der Waals surface area contributed by atoms with E-state index in [0.29, 0.717) is 5.02 Å². The van der Waals surface area contributed by atoms with Crippen molar-refractivity contribution >= 4 is 44.9 Å². The smallest absolute Gasteiger partial charge is 0.227 e. The third-order valence-electron chi connectivity index (χ3n) is 5.07. The van der Waals surface area contributed by atoms with Gasteiger partial charge >= 0.3 is 0 Å². The van der Waals surface area contributed by atoms with E-state index in [0.717, 1.165) is 53.2 Å². The number of halogens is 2. The van der Waals surface area contributed by atoms with Gasteiger partial charge in [0.25, 0.3) is 0 Å². The predicted molar refractivity (Wildman–Crippen MR) is 120 cm³/mol. The maximum absolute atomic E-state index is 12.6. The summed E-state index contributed by atoms with van der Waals surface area (Å²) < 4.78 is 0.950. The van der Waals surface area contributed by atoms with Gasteiger partial charge in [0.1, 0.15) is 0 Å². The van der Waals surface area contributed by atoms with Crippen LogP contribution in [0.1, 0.15) is 12.8 Å². The average molecular weight is 472 g/mol. The number of rotatable bonds is 4. The maximum Gasteiger partial charge on any atom is 0.227 e. The van der Waals surface area contributed by atoms with E-state index in [1.807, 2.05) is 60.7 Å². The fraction of sp³-hybridized carbons (Fsp3) is 0.227. The molecule has 29 heavy (non-hydrogen) atoms. The molecule has 1 N–H and O–H groups in total. The number of nitrogens with one attached hydrogen (secondary N) is 1. The zero-order valence-corrected chi connectivity index (χ0v) is 18.0. The lowest BCUT2D eigenvalue weighted by atomic mass is 9.96. The van der Waals surface area contributed by atoms with Crippen LogP contribution in [0.5, 0.6) is 0 Å². The largest absolute Gasteiger partial charge is 0.355 e. The van der Waals surface area contributed by atoms with E-state index in [-0.39, 0.29) is 11.8 Å². The van der Waals surface area contributed by atoms with Gasteiger partial charge in [-0.2, -0.15) is 0 Å². The molecular weight excluding hydrogens is 452 g/mol. The molecule has 1 aliphatic rings. The van der Waals surface area contributed by atoms with Gasteiger partial charge in [-0.25, -0.2) is 0 Å². The Morgan fingerprint density at radius 3 is 2.45 bits per heavy atom. The summed E-state index contributed by atoms with van der Waals surface area (Å²) in [4.78, 5) is 14.7. The van der Waals surface area contributed by atoms with Crippen LogP contribution in [0.3, 0.4) is 0 Å². The monoisotopic (exact) mass is 470 g/mol. The second kappa shape index (κ2) is 8.93. The van der Waals surface area contributed by atoms with E-state index in [2.05, 4.69) is 36.3 Å². The van der Waals surface area contributed by atoms with Gasteiger partial charge in [0.15, 0.2) is 5.82 Å². The zero-order chi connectivity index (χ0) is 20.2. The molecule has 0 spiro atoms. The van der Waals surface area contributed by atoms with Gasteiger partial charge in [0.05, 0.1) is 5.69 Å². The van der Waals surface area contributed by atoms with Crippen LogP contribution in [0.25, 0.3) is 11.3 Å². The van der Waals surface area contributed by atoms with Crippen LogP contribution in [0.15, 0.2) is 65.1 Å². The van der Waals surface area contributed by atoms with Crippen LogP contribution in [0, 0.1) is 5.92 Å². The van der Waals surface area contributed by atoms with Gasteiger partial charge in [-0.05, 0) is 55.3 Å². The first-order chi connectivity index (χ1) is 14.1. The minimum atomic E-state index is 0.00605. The molecule has 4 rings (SSSR count). The Hall–Kier alpha value is -2.44. The molecular formula is C22H20BrClN4O. The van der Waals surface area contributed by atoms with Crippen molar-refractivity contribution in [1.29, 1.82) is 0 Å². The van der Waals surface area contributed by atoms with Crippen LogP contribution >= 0.6 is 27.5 Å².